The van der Waals surface area contributed by atoms with E-state index in [0.29, 0.717) is 25.0 Å². The summed E-state index contributed by atoms with van der Waals surface area (Å²) in [4.78, 5) is 33.6. The Balaban J connectivity index is 3.58. The number of ether oxygens (including phenoxy) is 2. The lowest BCUT2D eigenvalue weighted by molar-refractivity contribution is -0.186. The minimum Gasteiger partial charge on any atom is -0.425 e. The zero-order valence-corrected chi connectivity index (χ0v) is 17.5. The molecule has 0 amide bonds. The maximum atomic E-state index is 11.7. The average Bonchev–Trinajstić information content (AvgIpc) is 2.59. The molecule has 0 aromatic carbocycles. The molecule has 0 fully saturated rings. The van der Waals surface area contributed by atoms with Crippen LogP contribution in [0.2, 0.25) is 0 Å². The zero-order chi connectivity index (χ0) is 20.3. The van der Waals surface area contributed by atoms with E-state index in [1.807, 2.05) is 6.08 Å². The number of hydrogen-bond acceptors (Lipinski definition) is 5. The Kier molecular flexibility index (Phi) is 16.7. The highest BCUT2D eigenvalue weighted by Gasteiger charge is 2.14. The summed E-state index contributed by atoms with van der Waals surface area (Å²) < 4.78 is 9.94. The van der Waals surface area contributed by atoms with Gasteiger partial charge in [0.2, 0.25) is 6.29 Å². The van der Waals surface area contributed by atoms with Crippen LogP contribution in [0.25, 0.3) is 0 Å². The third-order valence-corrected chi connectivity index (χ3v) is 4.23. The number of rotatable bonds is 17. The van der Waals surface area contributed by atoms with Gasteiger partial charge < -0.3 is 9.47 Å². The molecule has 0 spiro atoms. The molecule has 0 aromatic heterocycles. The van der Waals surface area contributed by atoms with Crippen molar-refractivity contribution in [2.75, 3.05) is 0 Å². The fraction of sp³-hybridized carbons (Fsp3) is 0.773. The molecule has 0 aliphatic carbocycles. The van der Waals surface area contributed by atoms with Gasteiger partial charge in [-0.15, -0.1) is 0 Å². The second-order valence-electron chi connectivity index (χ2n) is 7.02. The molecule has 5 nitrogen and oxygen atoms in total. The highest BCUT2D eigenvalue weighted by molar-refractivity contribution is 5.79. The van der Waals surface area contributed by atoms with Gasteiger partial charge in [-0.2, -0.15) is 0 Å². The van der Waals surface area contributed by atoms with E-state index in [2.05, 4.69) is 13.0 Å². The third-order valence-electron chi connectivity index (χ3n) is 4.23. The Labute approximate surface area is 164 Å². The van der Waals surface area contributed by atoms with Gasteiger partial charge in [0.05, 0.1) is 0 Å². The minimum atomic E-state index is -0.762. The van der Waals surface area contributed by atoms with Crippen LogP contribution < -0.4 is 0 Å². The lowest BCUT2D eigenvalue weighted by Crippen LogP contribution is -2.22. The van der Waals surface area contributed by atoms with Crippen LogP contribution in [0.5, 0.6) is 0 Å². The highest BCUT2D eigenvalue weighted by atomic mass is 16.7. The molecule has 0 saturated heterocycles. The van der Waals surface area contributed by atoms with E-state index in [1.54, 1.807) is 0 Å². The van der Waals surface area contributed by atoms with Crippen LogP contribution >= 0.6 is 0 Å². The molecule has 156 valence electrons. The molecule has 0 saturated carbocycles. The van der Waals surface area contributed by atoms with Crippen LogP contribution in [0.15, 0.2) is 12.2 Å². The van der Waals surface area contributed by atoms with Crippen LogP contribution in [0.1, 0.15) is 104 Å². The smallest absolute Gasteiger partial charge is 0.305 e. The van der Waals surface area contributed by atoms with Crippen molar-refractivity contribution in [1.82, 2.24) is 0 Å². The maximum absolute atomic E-state index is 11.7. The van der Waals surface area contributed by atoms with E-state index in [1.165, 1.54) is 26.7 Å². The summed E-state index contributed by atoms with van der Waals surface area (Å²) in [7, 11) is 0. The highest BCUT2D eigenvalue weighted by Crippen LogP contribution is 2.12. The molecule has 0 aromatic rings. The quantitative estimate of drug-likeness (QED) is 0.141. The first kappa shape index (κ1) is 25.4. The van der Waals surface area contributed by atoms with Gasteiger partial charge in [-0.25, -0.2) is 0 Å². The molecule has 0 bridgehead atoms. The standard InChI is InChI=1S/C22H38O5/c1-4-5-6-13-16-21(25)17-14-11-9-7-8-10-12-15-18-22(26-19(2)23)27-20(3)24/h11,14,22H,4-10,12-13,15-18H2,1-3H3/b14-11-. The number of allylic oxidation sites excluding steroid dienone is 2. The lowest BCUT2D eigenvalue weighted by atomic mass is 10.1. The summed E-state index contributed by atoms with van der Waals surface area (Å²) in [6, 6.07) is 0. The lowest BCUT2D eigenvalue weighted by Gasteiger charge is -2.16. The number of esters is 2. The maximum Gasteiger partial charge on any atom is 0.305 e. The molecule has 0 heterocycles. The van der Waals surface area contributed by atoms with E-state index >= 15 is 0 Å². The molecule has 0 N–H and O–H groups in total. The Bertz CT molecular complexity index is 426. The van der Waals surface area contributed by atoms with Gasteiger partial charge in [0.25, 0.3) is 0 Å². The summed E-state index contributed by atoms with van der Waals surface area (Å²) >= 11 is 0. The normalized spacial score (nSPS) is 11.1. The summed E-state index contributed by atoms with van der Waals surface area (Å²) in [5.74, 6) is -0.530. The predicted octanol–water partition coefficient (Wildman–Crippen LogP) is 5.66. The number of Topliss-reactive ketones (excluding diaryl/α,β-unsaturated/α-hetero) is 1. The van der Waals surface area contributed by atoms with Crippen molar-refractivity contribution >= 4 is 17.7 Å². The van der Waals surface area contributed by atoms with E-state index in [4.69, 9.17) is 9.47 Å². The molecule has 0 atom stereocenters. The monoisotopic (exact) mass is 382 g/mol. The SMILES string of the molecule is CCCCCCC(=O)C/C=C\CCCCCCCC(OC(C)=O)OC(C)=O. The van der Waals surface area contributed by atoms with Gasteiger partial charge >= 0.3 is 11.9 Å². The van der Waals surface area contributed by atoms with Crippen molar-refractivity contribution in [1.29, 1.82) is 0 Å². The third kappa shape index (κ3) is 18.9. The fourth-order valence-electron chi connectivity index (χ4n) is 2.80. The van der Waals surface area contributed by atoms with Gasteiger partial charge in [-0.1, -0.05) is 57.6 Å². The van der Waals surface area contributed by atoms with E-state index in [-0.39, 0.29) is 0 Å². The van der Waals surface area contributed by atoms with Crippen molar-refractivity contribution in [2.45, 2.75) is 111 Å². The Morgan fingerprint density at radius 1 is 0.778 bits per heavy atom. The van der Waals surface area contributed by atoms with Gasteiger partial charge in [-0.05, 0) is 25.7 Å². The van der Waals surface area contributed by atoms with E-state index < -0.39 is 18.2 Å². The Morgan fingerprint density at radius 3 is 2.00 bits per heavy atom. The zero-order valence-electron chi connectivity index (χ0n) is 17.5. The van der Waals surface area contributed by atoms with E-state index in [9.17, 15) is 14.4 Å². The molecule has 0 radical (unpaired) electrons. The summed E-state index contributed by atoms with van der Waals surface area (Å²) in [6.45, 7) is 4.79. The number of carbonyl (C=O) groups is 3. The largest absolute Gasteiger partial charge is 0.425 e. The van der Waals surface area contributed by atoms with Crippen molar-refractivity contribution in [2.24, 2.45) is 0 Å². The van der Waals surface area contributed by atoms with Crippen molar-refractivity contribution in [3.63, 3.8) is 0 Å². The molecular formula is C22H38O5. The summed E-state index contributed by atoms with van der Waals surface area (Å²) in [6.07, 6.45) is 16.0. The first-order chi connectivity index (χ1) is 13.0. The molecule has 0 aliphatic heterocycles. The summed E-state index contributed by atoms with van der Waals surface area (Å²) in [5, 5.41) is 0. The van der Waals surface area contributed by atoms with E-state index in [0.717, 1.165) is 51.4 Å². The van der Waals surface area contributed by atoms with Crippen molar-refractivity contribution in [3.8, 4) is 0 Å². The van der Waals surface area contributed by atoms with Crippen LogP contribution in [0.4, 0.5) is 0 Å². The number of carbonyl (C=O) groups excluding carboxylic acids is 3. The van der Waals surface area contributed by atoms with Gasteiger partial charge in [0.15, 0.2) is 0 Å². The number of hydrogen-bond donors (Lipinski definition) is 0. The molecular weight excluding hydrogens is 344 g/mol. The number of unbranched alkanes of at least 4 members (excludes halogenated alkanes) is 8. The van der Waals surface area contributed by atoms with Gasteiger partial charge in [-0.3, -0.25) is 14.4 Å². The minimum absolute atomic E-state index is 0.345. The average molecular weight is 383 g/mol. The molecule has 0 rings (SSSR count). The first-order valence-electron chi connectivity index (χ1n) is 10.5. The molecule has 5 heteroatoms. The van der Waals surface area contributed by atoms with Gasteiger partial charge in [0, 0.05) is 33.1 Å². The fourth-order valence-corrected chi connectivity index (χ4v) is 2.80. The Hall–Kier alpha value is -1.65. The van der Waals surface area contributed by atoms with Crippen molar-refractivity contribution in [3.05, 3.63) is 12.2 Å². The first-order valence-corrected chi connectivity index (χ1v) is 10.5. The molecule has 0 unspecified atom stereocenters. The topological polar surface area (TPSA) is 69.7 Å². The number of ketones is 1. The van der Waals surface area contributed by atoms with Crippen LogP contribution in [-0.2, 0) is 23.9 Å². The second-order valence-corrected chi connectivity index (χ2v) is 7.02. The van der Waals surface area contributed by atoms with Crippen molar-refractivity contribution < 1.29 is 23.9 Å². The Morgan fingerprint density at radius 2 is 1.37 bits per heavy atom. The molecule has 0 aliphatic rings. The van der Waals surface area contributed by atoms with Crippen LogP contribution in [0, 0.1) is 0 Å². The summed E-state index contributed by atoms with van der Waals surface area (Å²) in [5.41, 5.74) is 0. The van der Waals surface area contributed by atoms with Crippen LogP contribution in [-0.4, -0.2) is 24.0 Å². The van der Waals surface area contributed by atoms with Gasteiger partial charge in [0.1, 0.15) is 5.78 Å². The molecule has 27 heavy (non-hydrogen) atoms. The van der Waals surface area contributed by atoms with Crippen LogP contribution in [0.3, 0.4) is 0 Å². The predicted molar refractivity (Wildman–Crippen MR) is 107 cm³/mol. The second kappa shape index (κ2) is 17.7.